The summed E-state index contributed by atoms with van der Waals surface area (Å²) in [6, 6.07) is 13.8. The Kier molecular flexibility index (Phi) is 8.71. The number of nitrogens with zero attached hydrogens (tertiary/aromatic N) is 3. The summed E-state index contributed by atoms with van der Waals surface area (Å²) in [6.07, 6.45) is 8.98. The second kappa shape index (κ2) is 12.2. The Hall–Kier alpha value is -3.36. The number of amides is 1. The zero-order valence-corrected chi connectivity index (χ0v) is 24.2. The maximum atomic E-state index is 13.4. The van der Waals surface area contributed by atoms with Gasteiger partial charge in [0, 0.05) is 37.9 Å². The summed E-state index contributed by atoms with van der Waals surface area (Å²) in [6.45, 7) is 1.00. The van der Waals surface area contributed by atoms with E-state index in [1.54, 1.807) is 6.20 Å². The van der Waals surface area contributed by atoms with Gasteiger partial charge in [-0.2, -0.15) is 5.26 Å². The molecule has 0 radical (unpaired) electrons. The maximum absolute atomic E-state index is 13.4. The Morgan fingerprint density at radius 1 is 1.02 bits per heavy atom. The van der Waals surface area contributed by atoms with Crippen LogP contribution in [0.5, 0.6) is 0 Å². The maximum Gasteiger partial charge on any atom is 0.224 e. The van der Waals surface area contributed by atoms with E-state index in [2.05, 4.69) is 21.3 Å². The van der Waals surface area contributed by atoms with E-state index in [1.807, 2.05) is 24.3 Å². The smallest absolute Gasteiger partial charge is 0.224 e. The van der Waals surface area contributed by atoms with Crippen LogP contribution < -0.4 is 10.2 Å². The SMILES string of the molecule is N#CC1(NC(=O)C2CCCCC2)CC1.O=S1(=O)CCN(c2ccc(-c3cnc(-c4ccc(F)c(F)c4)s3)cc2)CC1.[HH]. The van der Waals surface area contributed by atoms with Gasteiger partial charge in [-0.15, -0.1) is 11.3 Å². The molecule has 218 valence electrons. The number of nitrogens with one attached hydrogen (secondary N) is 1. The molecule has 7 nitrogen and oxygen atoms in total. The van der Waals surface area contributed by atoms with E-state index in [1.165, 1.54) is 23.8 Å². The summed E-state index contributed by atoms with van der Waals surface area (Å²) in [5.74, 6) is -1.12. The van der Waals surface area contributed by atoms with Crippen molar-refractivity contribution in [1.29, 1.82) is 5.26 Å². The molecule has 1 N–H and O–H groups in total. The van der Waals surface area contributed by atoms with E-state index < -0.39 is 27.0 Å². The number of hydrogen-bond donors (Lipinski definition) is 1. The molecule has 2 heterocycles. The van der Waals surface area contributed by atoms with Crippen LogP contribution in [0.2, 0.25) is 0 Å². The number of thiazole rings is 1. The molecule has 2 aliphatic carbocycles. The highest BCUT2D eigenvalue weighted by Gasteiger charge is 2.45. The molecule has 0 unspecified atom stereocenters. The molecule has 3 aliphatic rings. The summed E-state index contributed by atoms with van der Waals surface area (Å²) in [5, 5.41) is 12.3. The molecule has 6 rings (SSSR count). The third kappa shape index (κ3) is 7.29. The lowest BCUT2D eigenvalue weighted by Gasteiger charge is -2.28. The van der Waals surface area contributed by atoms with Crippen LogP contribution >= 0.6 is 11.3 Å². The fraction of sp³-hybridized carbons (Fsp3) is 0.433. The van der Waals surface area contributed by atoms with E-state index in [4.69, 9.17) is 5.26 Å². The third-order valence-corrected chi connectivity index (χ3v) is 10.5. The van der Waals surface area contributed by atoms with E-state index in [0.717, 1.165) is 66.8 Å². The second-order valence-electron chi connectivity index (χ2n) is 10.9. The summed E-state index contributed by atoms with van der Waals surface area (Å²) < 4.78 is 49.6. The predicted octanol–water partition coefficient (Wildman–Crippen LogP) is 5.98. The first-order valence-electron chi connectivity index (χ1n) is 13.9. The molecule has 2 aromatic carbocycles. The minimum absolute atomic E-state index is 0. The van der Waals surface area contributed by atoms with Gasteiger partial charge in [-0.3, -0.25) is 4.79 Å². The average Bonchev–Trinajstić information content (AvgIpc) is 3.58. The largest absolute Gasteiger partial charge is 0.369 e. The van der Waals surface area contributed by atoms with E-state index in [0.29, 0.717) is 23.7 Å². The normalized spacial score (nSPS) is 19.4. The van der Waals surface area contributed by atoms with Crippen molar-refractivity contribution in [2.75, 3.05) is 29.5 Å². The van der Waals surface area contributed by atoms with E-state index in [9.17, 15) is 22.0 Å². The molecule has 1 aliphatic heterocycles. The minimum Gasteiger partial charge on any atom is -0.369 e. The highest BCUT2D eigenvalue weighted by atomic mass is 32.2. The number of benzene rings is 2. The van der Waals surface area contributed by atoms with Gasteiger partial charge >= 0.3 is 0 Å². The van der Waals surface area contributed by atoms with E-state index >= 15 is 0 Å². The lowest BCUT2D eigenvalue weighted by Crippen LogP contribution is -2.40. The summed E-state index contributed by atoms with van der Waals surface area (Å²) >= 11 is 1.40. The average molecular weight is 601 g/mol. The van der Waals surface area contributed by atoms with Crippen LogP contribution in [0, 0.1) is 28.9 Å². The Labute approximate surface area is 244 Å². The summed E-state index contributed by atoms with van der Waals surface area (Å²) in [4.78, 5) is 19.0. The Morgan fingerprint density at radius 2 is 1.68 bits per heavy atom. The van der Waals surface area contributed by atoms with Crippen LogP contribution in [-0.2, 0) is 14.6 Å². The van der Waals surface area contributed by atoms with E-state index in [-0.39, 0.29) is 24.8 Å². The van der Waals surface area contributed by atoms with Crippen molar-refractivity contribution in [2.24, 2.45) is 5.92 Å². The van der Waals surface area contributed by atoms with Crippen molar-refractivity contribution in [1.82, 2.24) is 10.3 Å². The molecule has 1 aromatic heterocycles. The molecular formula is C30H34F2N4O3S2. The fourth-order valence-corrected chi connectivity index (χ4v) is 7.19. The summed E-state index contributed by atoms with van der Waals surface area (Å²) in [5.41, 5.74) is 2.01. The molecule has 0 spiro atoms. The molecule has 11 heteroatoms. The molecule has 1 amide bonds. The quantitative estimate of drug-likeness (QED) is 0.387. The molecular weight excluding hydrogens is 566 g/mol. The molecule has 3 fully saturated rings. The first-order chi connectivity index (χ1) is 19.7. The number of carbonyl (C=O) groups excluding carboxylic acids is 1. The number of hydrogen-bond acceptors (Lipinski definition) is 7. The zero-order valence-electron chi connectivity index (χ0n) is 22.6. The van der Waals surface area contributed by atoms with Gasteiger partial charge in [0.1, 0.15) is 10.5 Å². The van der Waals surface area contributed by atoms with Crippen molar-refractivity contribution in [3.05, 3.63) is 60.3 Å². The van der Waals surface area contributed by atoms with Crippen LogP contribution in [0.4, 0.5) is 14.5 Å². The summed E-state index contributed by atoms with van der Waals surface area (Å²) in [7, 11) is -2.90. The highest BCUT2D eigenvalue weighted by Crippen LogP contribution is 2.36. The Morgan fingerprint density at radius 3 is 2.29 bits per heavy atom. The first-order valence-corrected chi connectivity index (χ1v) is 16.5. The van der Waals surface area contributed by atoms with Crippen LogP contribution in [0.25, 0.3) is 21.0 Å². The van der Waals surface area contributed by atoms with Gasteiger partial charge in [-0.25, -0.2) is 22.2 Å². The lowest BCUT2D eigenvalue weighted by molar-refractivity contribution is -0.126. The number of carbonyl (C=O) groups is 1. The number of aromatic nitrogens is 1. The molecule has 0 bridgehead atoms. The molecule has 41 heavy (non-hydrogen) atoms. The van der Waals surface area contributed by atoms with Crippen molar-refractivity contribution in [3.63, 3.8) is 0 Å². The first kappa shape index (κ1) is 29.1. The fourth-order valence-electron chi connectivity index (χ4n) is 5.07. The molecule has 1 saturated heterocycles. The lowest BCUT2D eigenvalue weighted by atomic mass is 9.88. The Bertz CT molecular complexity index is 1530. The standard InChI is InChI=1S/C19H16F2N2O2S2.C11H16N2O.H2/c20-16-6-3-14(11-17(16)21)19-22-12-18(26-19)13-1-4-15(5-2-13)23-7-9-27(24,25)10-8-23;12-8-11(6-7-11)13-10(14)9-4-2-1-3-5-9;/h1-6,11-12H,7-10H2;9H,1-7H2,(H,13,14);1H. The number of rotatable bonds is 5. The van der Waals surface area contributed by atoms with Gasteiger partial charge in [0.15, 0.2) is 21.5 Å². The van der Waals surface area contributed by atoms with Crippen molar-refractivity contribution in [2.45, 2.75) is 50.5 Å². The number of nitriles is 1. The molecule has 2 saturated carbocycles. The van der Waals surface area contributed by atoms with Gasteiger partial charge in [0.25, 0.3) is 0 Å². The van der Waals surface area contributed by atoms with Crippen LogP contribution in [0.15, 0.2) is 48.7 Å². The third-order valence-electron chi connectivity index (χ3n) is 7.84. The second-order valence-corrected chi connectivity index (χ2v) is 14.2. The monoisotopic (exact) mass is 600 g/mol. The van der Waals surface area contributed by atoms with Crippen LogP contribution in [0.3, 0.4) is 0 Å². The predicted molar refractivity (Wildman–Crippen MR) is 158 cm³/mol. The molecule has 0 atom stereocenters. The van der Waals surface area contributed by atoms with Crippen molar-refractivity contribution in [3.8, 4) is 27.1 Å². The Balaban J connectivity index is 0.000000228. The number of anilines is 1. The highest BCUT2D eigenvalue weighted by molar-refractivity contribution is 7.91. The van der Waals surface area contributed by atoms with Crippen molar-refractivity contribution >= 4 is 32.8 Å². The molecule has 3 aromatic rings. The van der Waals surface area contributed by atoms with Gasteiger partial charge in [0.2, 0.25) is 5.91 Å². The topological polar surface area (TPSA) is 103 Å². The van der Waals surface area contributed by atoms with Gasteiger partial charge in [-0.05, 0) is 61.6 Å². The van der Waals surface area contributed by atoms with Crippen LogP contribution in [0.1, 0.15) is 46.4 Å². The van der Waals surface area contributed by atoms with Crippen LogP contribution in [-0.4, -0.2) is 49.4 Å². The van der Waals surface area contributed by atoms with Gasteiger partial charge < -0.3 is 10.2 Å². The van der Waals surface area contributed by atoms with Gasteiger partial charge in [0.05, 0.1) is 22.5 Å². The van der Waals surface area contributed by atoms with Gasteiger partial charge in [-0.1, -0.05) is 31.4 Å². The zero-order chi connectivity index (χ0) is 29.0. The number of sulfone groups is 1. The van der Waals surface area contributed by atoms with Crippen molar-refractivity contribution < 1.29 is 23.4 Å². The minimum atomic E-state index is -2.90. The number of halogens is 2.